The van der Waals surface area contributed by atoms with E-state index in [0.29, 0.717) is 49.2 Å². The Morgan fingerprint density at radius 2 is 1.89 bits per heavy atom. The second-order valence-electron chi connectivity index (χ2n) is 10.4. The van der Waals surface area contributed by atoms with Crippen LogP contribution in [0.1, 0.15) is 64.3 Å². The first-order chi connectivity index (χ1) is 17.6. The van der Waals surface area contributed by atoms with E-state index in [-0.39, 0.29) is 40.8 Å². The van der Waals surface area contributed by atoms with Crippen molar-refractivity contribution in [1.82, 2.24) is 19.5 Å². The van der Waals surface area contributed by atoms with Gasteiger partial charge in [0, 0.05) is 22.5 Å². The summed E-state index contributed by atoms with van der Waals surface area (Å²) in [6.45, 7) is 1.86. The summed E-state index contributed by atoms with van der Waals surface area (Å²) < 4.78 is 31.1. The van der Waals surface area contributed by atoms with E-state index < -0.39 is 17.0 Å². The van der Waals surface area contributed by atoms with Gasteiger partial charge in [-0.05, 0) is 63.5 Å². The number of aliphatic hydroxyl groups excluding tert-OH is 1. The molecule has 5 rings (SSSR count). The second-order valence-corrected chi connectivity index (χ2v) is 10.8. The zero-order chi connectivity index (χ0) is 26.3. The molecule has 198 valence electrons. The largest absolute Gasteiger partial charge is 0.393 e. The molecule has 3 aromatic rings. The van der Waals surface area contributed by atoms with Crippen molar-refractivity contribution in [3.8, 4) is 0 Å². The van der Waals surface area contributed by atoms with Gasteiger partial charge in [-0.25, -0.2) is 18.7 Å². The highest BCUT2D eigenvalue weighted by atomic mass is 35.5. The molecule has 2 fully saturated rings. The Morgan fingerprint density at radius 1 is 1.19 bits per heavy atom. The van der Waals surface area contributed by atoms with Crippen molar-refractivity contribution in [2.45, 2.75) is 76.5 Å². The number of nitrogens with two attached hydrogens (primary N) is 1. The molecule has 0 spiro atoms. The van der Waals surface area contributed by atoms with Crippen LogP contribution in [0.2, 0.25) is 5.02 Å². The van der Waals surface area contributed by atoms with Crippen LogP contribution in [0.4, 0.5) is 26.4 Å². The van der Waals surface area contributed by atoms with Gasteiger partial charge < -0.3 is 21.5 Å². The third-order valence-electron chi connectivity index (χ3n) is 7.67. The minimum atomic E-state index is -0.849. The van der Waals surface area contributed by atoms with Crippen LogP contribution in [-0.2, 0) is 4.79 Å². The molecule has 2 aliphatic carbocycles. The highest BCUT2D eigenvalue weighted by Gasteiger charge is 2.38. The number of fused-ring (bicyclic) bond motifs is 1. The summed E-state index contributed by atoms with van der Waals surface area (Å²) in [5.41, 5.74) is 5.61. The highest BCUT2D eigenvalue weighted by molar-refractivity contribution is 6.30. The quantitative estimate of drug-likeness (QED) is 0.357. The summed E-state index contributed by atoms with van der Waals surface area (Å²) in [7, 11) is 0. The topological polar surface area (TPSA) is 131 Å². The first-order valence-corrected chi connectivity index (χ1v) is 12.9. The standard InChI is InChI=1S/C25H30ClF2N7O2/c1-25(22(29)37)7-5-15(6-8-25)35-21-19(12-30-23(34-21)31-14-3-2-4-16(36)11-14)32-24(35)33-20-17(27)9-13(26)10-18(20)28/h9-10,12,14-16,36H,2-8,11H2,1H3,(H2,29,37)(H,32,33)(H,30,31,34)/t14-,15?,16-,25?/m1/s1. The summed E-state index contributed by atoms with van der Waals surface area (Å²) in [5, 5.41) is 16.1. The number of aliphatic hydroxyl groups is 1. The van der Waals surface area contributed by atoms with Crippen LogP contribution in [0.3, 0.4) is 0 Å². The van der Waals surface area contributed by atoms with Crippen LogP contribution in [0.5, 0.6) is 0 Å². The second kappa shape index (κ2) is 10.0. The van der Waals surface area contributed by atoms with E-state index in [2.05, 4.69) is 20.6 Å². The molecule has 0 radical (unpaired) electrons. The number of anilines is 3. The fraction of sp³-hybridized carbons (Fsp3) is 0.520. The number of imidazole rings is 1. The number of hydrogen-bond donors (Lipinski definition) is 4. The molecular weight excluding hydrogens is 504 g/mol. The van der Waals surface area contributed by atoms with E-state index in [1.807, 2.05) is 11.5 Å². The first-order valence-electron chi connectivity index (χ1n) is 12.5. The molecule has 37 heavy (non-hydrogen) atoms. The number of carbonyl (C=O) groups is 1. The van der Waals surface area contributed by atoms with E-state index >= 15 is 0 Å². The smallest absolute Gasteiger partial charge is 0.224 e. The maximum Gasteiger partial charge on any atom is 0.224 e. The van der Waals surface area contributed by atoms with Crippen LogP contribution in [0.15, 0.2) is 18.3 Å². The molecule has 2 saturated carbocycles. The summed E-state index contributed by atoms with van der Waals surface area (Å²) in [6.07, 6.45) is 6.73. The zero-order valence-corrected chi connectivity index (χ0v) is 21.2. The summed E-state index contributed by atoms with van der Waals surface area (Å²) in [6, 6.07) is 1.95. The van der Waals surface area contributed by atoms with Crippen LogP contribution < -0.4 is 16.4 Å². The van der Waals surface area contributed by atoms with Crippen molar-refractivity contribution in [2.24, 2.45) is 11.1 Å². The van der Waals surface area contributed by atoms with Crippen molar-refractivity contribution >= 4 is 46.3 Å². The number of carbonyl (C=O) groups excluding carboxylic acids is 1. The van der Waals surface area contributed by atoms with Crippen molar-refractivity contribution in [2.75, 3.05) is 10.6 Å². The number of nitrogens with one attached hydrogen (secondary N) is 2. The molecule has 2 aromatic heterocycles. The van der Waals surface area contributed by atoms with Gasteiger partial charge in [-0.3, -0.25) is 9.36 Å². The molecule has 1 amide bonds. The Balaban J connectivity index is 1.52. The first kappa shape index (κ1) is 25.6. The van der Waals surface area contributed by atoms with E-state index in [4.69, 9.17) is 22.3 Å². The number of rotatable bonds is 6. The molecule has 0 unspecified atom stereocenters. The molecule has 1 aromatic carbocycles. The highest BCUT2D eigenvalue weighted by Crippen LogP contribution is 2.43. The van der Waals surface area contributed by atoms with Crippen LogP contribution >= 0.6 is 11.6 Å². The fourth-order valence-electron chi connectivity index (χ4n) is 5.39. The normalized spacial score (nSPS) is 26.2. The third-order valence-corrected chi connectivity index (χ3v) is 7.89. The molecular formula is C25H30ClF2N7O2. The van der Waals surface area contributed by atoms with Gasteiger partial charge in [0.15, 0.2) is 17.3 Å². The van der Waals surface area contributed by atoms with E-state index in [9.17, 15) is 18.7 Å². The predicted octanol–water partition coefficient (Wildman–Crippen LogP) is 4.82. The zero-order valence-electron chi connectivity index (χ0n) is 20.5. The van der Waals surface area contributed by atoms with Gasteiger partial charge in [-0.1, -0.05) is 18.5 Å². The summed E-state index contributed by atoms with van der Waals surface area (Å²) in [4.78, 5) is 25.7. The van der Waals surface area contributed by atoms with Crippen molar-refractivity contribution in [3.63, 3.8) is 0 Å². The monoisotopic (exact) mass is 533 g/mol. The number of benzene rings is 1. The van der Waals surface area contributed by atoms with Crippen LogP contribution in [0, 0.1) is 17.0 Å². The minimum absolute atomic E-state index is 0.0402. The van der Waals surface area contributed by atoms with Crippen LogP contribution in [0.25, 0.3) is 11.2 Å². The van der Waals surface area contributed by atoms with Gasteiger partial charge in [0.2, 0.25) is 17.8 Å². The third kappa shape index (κ3) is 5.19. The average molecular weight is 534 g/mol. The van der Waals surface area contributed by atoms with Gasteiger partial charge in [-0.15, -0.1) is 0 Å². The Morgan fingerprint density at radius 3 is 2.54 bits per heavy atom. The number of hydrogen-bond acceptors (Lipinski definition) is 7. The number of halogens is 3. The van der Waals surface area contributed by atoms with Crippen molar-refractivity contribution in [1.29, 1.82) is 0 Å². The van der Waals surface area contributed by atoms with Gasteiger partial charge in [0.1, 0.15) is 11.2 Å². The van der Waals surface area contributed by atoms with E-state index in [1.165, 1.54) is 0 Å². The predicted molar refractivity (Wildman–Crippen MR) is 137 cm³/mol. The summed E-state index contributed by atoms with van der Waals surface area (Å²) in [5.74, 6) is -1.44. The van der Waals surface area contributed by atoms with E-state index in [1.54, 1.807) is 6.20 Å². The molecule has 0 bridgehead atoms. The van der Waals surface area contributed by atoms with Crippen molar-refractivity contribution < 1.29 is 18.7 Å². The lowest BCUT2D eigenvalue weighted by Gasteiger charge is -2.35. The fourth-order valence-corrected chi connectivity index (χ4v) is 5.58. The van der Waals surface area contributed by atoms with E-state index in [0.717, 1.165) is 31.4 Å². The molecule has 2 heterocycles. The molecule has 2 atom stereocenters. The lowest BCUT2D eigenvalue weighted by atomic mass is 9.73. The number of amides is 1. The Kier molecular flexibility index (Phi) is 6.93. The summed E-state index contributed by atoms with van der Waals surface area (Å²) >= 11 is 5.79. The number of nitrogens with zero attached hydrogens (tertiary/aromatic N) is 4. The Labute approximate surface area is 217 Å². The molecule has 5 N–H and O–H groups in total. The van der Waals surface area contributed by atoms with Crippen LogP contribution in [-0.4, -0.2) is 42.7 Å². The van der Waals surface area contributed by atoms with Gasteiger partial charge in [0.25, 0.3) is 0 Å². The Bertz CT molecular complexity index is 1300. The SMILES string of the molecule is CC1(C(N)=O)CCC(n2c(Nc3c(F)cc(Cl)cc3F)nc3cnc(N[C@@H]4CCC[C@@H](O)C4)nc32)CC1. The molecule has 12 heteroatoms. The maximum atomic E-state index is 14.6. The van der Waals surface area contributed by atoms with Gasteiger partial charge >= 0.3 is 0 Å². The number of aromatic nitrogens is 4. The minimum Gasteiger partial charge on any atom is -0.393 e. The van der Waals surface area contributed by atoms with Crippen molar-refractivity contribution in [3.05, 3.63) is 35.0 Å². The average Bonchev–Trinajstić information content (AvgIpc) is 3.19. The maximum absolute atomic E-state index is 14.6. The lowest BCUT2D eigenvalue weighted by Crippen LogP contribution is -2.38. The number of primary amides is 1. The molecule has 9 nitrogen and oxygen atoms in total. The van der Waals surface area contributed by atoms with Gasteiger partial charge in [-0.2, -0.15) is 4.98 Å². The molecule has 0 aliphatic heterocycles. The lowest BCUT2D eigenvalue weighted by molar-refractivity contribution is -0.128. The molecule has 2 aliphatic rings. The van der Waals surface area contributed by atoms with Gasteiger partial charge in [0.05, 0.1) is 12.3 Å². The molecule has 0 saturated heterocycles. The Hall–Kier alpha value is -3.05.